The molecule has 0 spiro atoms. The minimum Gasteiger partial charge on any atom is -0.467 e. The first-order valence-electron chi connectivity index (χ1n) is 9.15. The Morgan fingerprint density at radius 2 is 2.03 bits per heavy atom. The number of hydrogen-bond donors (Lipinski definition) is 1. The summed E-state index contributed by atoms with van der Waals surface area (Å²) in [6.07, 6.45) is 1.62. The number of aryl methyl sites for hydroxylation is 1. The Bertz CT molecular complexity index is 1090. The third-order valence-electron chi connectivity index (χ3n) is 4.57. The van der Waals surface area contributed by atoms with E-state index < -0.39 is 0 Å². The standard InChI is InChI=1S/C21H20N4O2S2/c1-15-6-8-16(9-7-15)20-22-23-21(28)25(20)14-19(26)24(12-17-4-2-10-27-17)13-18-5-3-11-29-18/h2-11H,12-14H2,1H3,(H,23,28). The Labute approximate surface area is 177 Å². The molecule has 0 aliphatic heterocycles. The third kappa shape index (κ3) is 4.55. The van der Waals surface area contributed by atoms with E-state index in [1.807, 2.05) is 60.8 Å². The van der Waals surface area contributed by atoms with E-state index >= 15 is 0 Å². The van der Waals surface area contributed by atoms with Gasteiger partial charge in [-0.15, -0.1) is 11.3 Å². The number of H-pyrrole nitrogens is 1. The predicted octanol–water partition coefficient (Wildman–Crippen LogP) is 4.80. The highest BCUT2D eigenvalue weighted by Crippen LogP contribution is 2.20. The second kappa shape index (κ2) is 8.59. The molecule has 0 saturated heterocycles. The molecule has 148 valence electrons. The second-order valence-electron chi connectivity index (χ2n) is 6.71. The maximum absolute atomic E-state index is 13.2. The van der Waals surface area contributed by atoms with E-state index in [0.29, 0.717) is 23.7 Å². The number of aromatic amines is 1. The van der Waals surface area contributed by atoms with Crippen LogP contribution in [0.5, 0.6) is 0 Å². The number of furan rings is 1. The van der Waals surface area contributed by atoms with Crippen molar-refractivity contribution in [2.24, 2.45) is 0 Å². The number of nitrogens with one attached hydrogen (secondary N) is 1. The molecule has 4 rings (SSSR count). The summed E-state index contributed by atoms with van der Waals surface area (Å²) in [5.74, 6) is 1.34. The third-order valence-corrected chi connectivity index (χ3v) is 5.74. The van der Waals surface area contributed by atoms with E-state index in [-0.39, 0.29) is 12.5 Å². The largest absolute Gasteiger partial charge is 0.467 e. The second-order valence-corrected chi connectivity index (χ2v) is 8.13. The van der Waals surface area contributed by atoms with E-state index in [0.717, 1.165) is 21.8 Å². The van der Waals surface area contributed by atoms with Crippen molar-refractivity contribution in [3.05, 3.63) is 81.1 Å². The fourth-order valence-electron chi connectivity index (χ4n) is 3.04. The number of aromatic nitrogens is 3. The van der Waals surface area contributed by atoms with Crippen LogP contribution in [0.25, 0.3) is 11.4 Å². The highest BCUT2D eigenvalue weighted by Gasteiger charge is 2.20. The minimum absolute atomic E-state index is 0.0549. The first-order chi connectivity index (χ1) is 14.1. The van der Waals surface area contributed by atoms with Gasteiger partial charge in [-0.1, -0.05) is 35.9 Å². The van der Waals surface area contributed by atoms with Gasteiger partial charge in [-0.05, 0) is 42.7 Å². The van der Waals surface area contributed by atoms with Crippen LogP contribution in [-0.4, -0.2) is 25.6 Å². The van der Waals surface area contributed by atoms with Crippen molar-refractivity contribution in [1.82, 2.24) is 19.7 Å². The van der Waals surface area contributed by atoms with Crippen LogP contribution in [0, 0.1) is 11.7 Å². The van der Waals surface area contributed by atoms with E-state index in [1.54, 1.807) is 27.1 Å². The van der Waals surface area contributed by atoms with Crippen molar-refractivity contribution in [3.8, 4) is 11.4 Å². The number of rotatable bonds is 7. The number of amides is 1. The molecule has 6 nitrogen and oxygen atoms in total. The normalized spacial score (nSPS) is 10.9. The smallest absolute Gasteiger partial charge is 0.243 e. The average molecular weight is 425 g/mol. The zero-order chi connectivity index (χ0) is 20.2. The topological polar surface area (TPSA) is 67.1 Å². The number of hydrogen-bond acceptors (Lipinski definition) is 5. The summed E-state index contributed by atoms with van der Waals surface area (Å²) in [5, 5.41) is 9.16. The van der Waals surface area contributed by atoms with Crippen molar-refractivity contribution < 1.29 is 9.21 Å². The summed E-state index contributed by atoms with van der Waals surface area (Å²) in [6.45, 7) is 3.04. The van der Waals surface area contributed by atoms with Crippen LogP contribution in [0.4, 0.5) is 0 Å². The van der Waals surface area contributed by atoms with Gasteiger partial charge >= 0.3 is 0 Å². The molecular weight excluding hydrogens is 404 g/mol. The van der Waals surface area contributed by atoms with Crippen LogP contribution in [-0.2, 0) is 24.4 Å². The fourth-order valence-corrected chi connectivity index (χ4v) is 3.95. The first-order valence-corrected chi connectivity index (χ1v) is 10.4. The van der Waals surface area contributed by atoms with Crippen molar-refractivity contribution in [1.29, 1.82) is 0 Å². The zero-order valence-electron chi connectivity index (χ0n) is 15.9. The number of carbonyl (C=O) groups excluding carboxylic acids is 1. The molecule has 0 unspecified atom stereocenters. The molecule has 3 heterocycles. The maximum atomic E-state index is 13.2. The number of nitrogens with zero attached hydrogens (tertiary/aromatic N) is 3. The summed E-state index contributed by atoms with van der Waals surface area (Å²) in [6, 6.07) is 15.7. The molecule has 4 aromatic rings. The van der Waals surface area contributed by atoms with Crippen LogP contribution in [0.2, 0.25) is 0 Å². The van der Waals surface area contributed by atoms with Gasteiger partial charge in [0.25, 0.3) is 0 Å². The van der Waals surface area contributed by atoms with Gasteiger partial charge in [-0.3, -0.25) is 14.5 Å². The van der Waals surface area contributed by atoms with Gasteiger partial charge in [0.05, 0.1) is 19.4 Å². The molecule has 0 radical (unpaired) electrons. The van der Waals surface area contributed by atoms with Gasteiger partial charge in [-0.25, -0.2) is 0 Å². The highest BCUT2D eigenvalue weighted by molar-refractivity contribution is 7.71. The van der Waals surface area contributed by atoms with Gasteiger partial charge in [0.15, 0.2) is 10.6 Å². The molecule has 0 bridgehead atoms. The molecule has 1 N–H and O–H groups in total. The van der Waals surface area contributed by atoms with Gasteiger partial charge < -0.3 is 9.32 Å². The van der Waals surface area contributed by atoms with Gasteiger partial charge in [0, 0.05) is 10.4 Å². The summed E-state index contributed by atoms with van der Waals surface area (Å²) in [7, 11) is 0. The van der Waals surface area contributed by atoms with E-state index in [2.05, 4.69) is 10.2 Å². The maximum Gasteiger partial charge on any atom is 0.243 e. The Morgan fingerprint density at radius 1 is 1.21 bits per heavy atom. The molecule has 29 heavy (non-hydrogen) atoms. The molecule has 0 saturated carbocycles. The van der Waals surface area contributed by atoms with Crippen molar-refractivity contribution in [2.75, 3.05) is 0 Å². The Hall–Kier alpha value is -2.97. The van der Waals surface area contributed by atoms with Crippen LogP contribution >= 0.6 is 23.6 Å². The van der Waals surface area contributed by atoms with Gasteiger partial charge in [-0.2, -0.15) is 5.10 Å². The molecule has 0 fully saturated rings. The predicted molar refractivity (Wildman–Crippen MR) is 115 cm³/mol. The lowest BCUT2D eigenvalue weighted by Crippen LogP contribution is -2.33. The zero-order valence-corrected chi connectivity index (χ0v) is 17.5. The molecule has 0 atom stereocenters. The SMILES string of the molecule is Cc1ccc(-c2n[nH]c(=S)n2CC(=O)N(Cc2ccco2)Cc2cccs2)cc1. The molecule has 8 heteroatoms. The van der Waals surface area contributed by atoms with Crippen molar-refractivity contribution in [2.45, 2.75) is 26.6 Å². The lowest BCUT2D eigenvalue weighted by atomic mass is 10.1. The first kappa shape index (κ1) is 19.4. The molecule has 0 aliphatic rings. The van der Waals surface area contributed by atoms with E-state index in [4.69, 9.17) is 16.6 Å². The Balaban J connectivity index is 1.59. The molecule has 1 amide bonds. The van der Waals surface area contributed by atoms with Crippen LogP contribution in [0.15, 0.2) is 64.6 Å². The molecule has 0 aliphatic carbocycles. The average Bonchev–Trinajstić information content (AvgIpc) is 3.47. The van der Waals surface area contributed by atoms with Crippen molar-refractivity contribution >= 4 is 29.5 Å². The van der Waals surface area contributed by atoms with Gasteiger partial charge in [0.1, 0.15) is 12.3 Å². The summed E-state index contributed by atoms with van der Waals surface area (Å²) in [5.41, 5.74) is 2.07. The van der Waals surface area contributed by atoms with Crippen LogP contribution in [0.3, 0.4) is 0 Å². The number of benzene rings is 1. The number of thiophene rings is 1. The fraction of sp³-hybridized carbons (Fsp3) is 0.190. The number of carbonyl (C=O) groups is 1. The highest BCUT2D eigenvalue weighted by atomic mass is 32.1. The van der Waals surface area contributed by atoms with Crippen LogP contribution in [0.1, 0.15) is 16.2 Å². The van der Waals surface area contributed by atoms with E-state index in [1.165, 1.54) is 0 Å². The summed E-state index contributed by atoms with van der Waals surface area (Å²) >= 11 is 7.02. The van der Waals surface area contributed by atoms with Crippen LogP contribution < -0.4 is 0 Å². The van der Waals surface area contributed by atoms with E-state index in [9.17, 15) is 4.79 Å². The van der Waals surface area contributed by atoms with Crippen molar-refractivity contribution in [3.63, 3.8) is 0 Å². The summed E-state index contributed by atoms with van der Waals surface area (Å²) in [4.78, 5) is 16.1. The molecular formula is C21H20N4O2S2. The summed E-state index contributed by atoms with van der Waals surface area (Å²) < 4.78 is 7.62. The quantitative estimate of drug-likeness (QED) is 0.433. The lowest BCUT2D eigenvalue weighted by Gasteiger charge is -2.21. The monoisotopic (exact) mass is 424 g/mol. The Kier molecular flexibility index (Phi) is 5.73. The van der Waals surface area contributed by atoms with Gasteiger partial charge in [0.2, 0.25) is 5.91 Å². The molecule has 1 aromatic carbocycles. The Morgan fingerprint density at radius 3 is 2.72 bits per heavy atom. The minimum atomic E-state index is -0.0549. The lowest BCUT2D eigenvalue weighted by molar-refractivity contribution is -0.133. The molecule has 3 aromatic heterocycles.